The number of Topliss-reactive ketones (excluding diaryl/α,β-unsaturated/α-hetero) is 1. The first-order chi connectivity index (χ1) is 9.60. The van der Waals surface area contributed by atoms with Gasteiger partial charge in [-0.15, -0.1) is 12.4 Å². The lowest BCUT2D eigenvalue weighted by molar-refractivity contribution is -0.121. The number of halogens is 1. The molecular weight excluding hydrogens is 284 g/mol. The first kappa shape index (κ1) is 15.7. The smallest absolute Gasteiger partial charge is 0.158 e. The van der Waals surface area contributed by atoms with E-state index < -0.39 is 5.54 Å². The molecule has 21 heavy (non-hydrogen) atoms. The zero-order valence-electron chi connectivity index (χ0n) is 11.9. The Bertz CT molecular complexity index is 777. The first-order valence-electron chi connectivity index (χ1n) is 6.87. The molecule has 0 saturated heterocycles. The summed E-state index contributed by atoms with van der Waals surface area (Å²) in [6.45, 7) is 1.94. The maximum absolute atomic E-state index is 12.2. The van der Waals surface area contributed by atoms with Crippen molar-refractivity contribution in [3.05, 3.63) is 45.8 Å². The maximum atomic E-state index is 12.2. The van der Waals surface area contributed by atoms with Gasteiger partial charge in [-0.25, -0.2) is 0 Å². The molecule has 0 heterocycles. The van der Waals surface area contributed by atoms with Crippen molar-refractivity contribution in [3.63, 3.8) is 0 Å². The van der Waals surface area contributed by atoms with Crippen LogP contribution >= 0.6 is 12.4 Å². The summed E-state index contributed by atoms with van der Waals surface area (Å²) in [4.78, 5) is 12.2. The minimum Gasteiger partial charge on any atom is -0.328 e. The Hall–Kier alpha value is -1.68. The van der Waals surface area contributed by atoms with Crippen molar-refractivity contribution in [1.29, 1.82) is 0 Å². The van der Waals surface area contributed by atoms with E-state index in [2.05, 4.69) is 24.3 Å². The molecule has 110 valence electrons. The fourth-order valence-corrected chi connectivity index (χ4v) is 2.91. The number of nitrogens with two attached hydrogens (primary N) is 2. The summed E-state index contributed by atoms with van der Waals surface area (Å²) in [6.07, 6.45) is 10.5. The van der Waals surface area contributed by atoms with E-state index in [1.807, 2.05) is 25.2 Å². The number of carbonyl (C=O) groups excluding carboxylic acids is 1. The topological polar surface area (TPSA) is 69.1 Å². The first-order valence-corrected chi connectivity index (χ1v) is 6.87. The van der Waals surface area contributed by atoms with Crippen LogP contribution in [0.1, 0.15) is 24.5 Å². The number of allylic oxidation sites excluding steroid dienone is 2. The van der Waals surface area contributed by atoms with E-state index in [1.165, 1.54) is 5.56 Å². The van der Waals surface area contributed by atoms with Crippen LogP contribution in [-0.2, 0) is 4.79 Å². The molecule has 0 fully saturated rings. The van der Waals surface area contributed by atoms with E-state index in [9.17, 15) is 4.79 Å². The van der Waals surface area contributed by atoms with E-state index >= 15 is 0 Å². The van der Waals surface area contributed by atoms with Crippen LogP contribution in [0.4, 0.5) is 0 Å². The van der Waals surface area contributed by atoms with Crippen LogP contribution in [0.25, 0.3) is 23.8 Å². The van der Waals surface area contributed by atoms with Gasteiger partial charge < -0.3 is 11.5 Å². The number of carbonyl (C=O) groups is 1. The Morgan fingerprint density at radius 2 is 1.95 bits per heavy atom. The van der Waals surface area contributed by atoms with E-state index in [0.29, 0.717) is 6.42 Å². The maximum Gasteiger partial charge on any atom is 0.158 e. The van der Waals surface area contributed by atoms with Gasteiger partial charge in [0.2, 0.25) is 0 Å². The Morgan fingerprint density at radius 3 is 2.62 bits per heavy atom. The van der Waals surface area contributed by atoms with E-state index in [4.69, 9.17) is 11.5 Å². The van der Waals surface area contributed by atoms with E-state index in [0.717, 1.165) is 21.6 Å². The standard InChI is InChI=1S/C17H18N2O.ClH/c1-2-16(20)17(19,10-18)15-7-6-13-8-11-4-3-5-12(11)9-14(13)15;/h3-9H,2,10,18-19H2,1H3;1H. The van der Waals surface area contributed by atoms with Gasteiger partial charge >= 0.3 is 0 Å². The molecule has 1 aromatic carbocycles. The largest absolute Gasteiger partial charge is 0.328 e. The molecule has 2 aliphatic carbocycles. The third kappa shape index (κ3) is 2.27. The highest BCUT2D eigenvalue weighted by Gasteiger charge is 2.37. The molecule has 4 heteroatoms. The van der Waals surface area contributed by atoms with Crippen molar-refractivity contribution in [2.45, 2.75) is 18.9 Å². The molecule has 4 N–H and O–H groups in total. The second kappa shape index (κ2) is 5.60. The van der Waals surface area contributed by atoms with Gasteiger partial charge in [0.25, 0.3) is 0 Å². The van der Waals surface area contributed by atoms with Crippen LogP contribution in [0.15, 0.2) is 24.3 Å². The van der Waals surface area contributed by atoms with Gasteiger partial charge in [-0.1, -0.05) is 37.3 Å². The molecule has 0 bridgehead atoms. The van der Waals surface area contributed by atoms with Crippen LogP contribution in [0, 0.1) is 0 Å². The van der Waals surface area contributed by atoms with Crippen LogP contribution < -0.4 is 21.9 Å². The fourth-order valence-electron chi connectivity index (χ4n) is 2.91. The second-order valence-corrected chi connectivity index (χ2v) is 5.29. The molecule has 0 aliphatic heterocycles. The highest BCUT2D eigenvalue weighted by molar-refractivity contribution is 6.04. The van der Waals surface area contributed by atoms with Gasteiger partial charge in [0.05, 0.1) is 0 Å². The monoisotopic (exact) mass is 302 g/mol. The lowest BCUT2D eigenvalue weighted by Crippen LogP contribution is -2.54. The lowest BCUT2D eigenvalue weighted by atomic mass is 9.82. The molecular formula is C17H19ClN2O. The fraction of sp³-hybridized carbons (Fsp3) is 0.235. The molecule has 0 saturated carbocycles. The summed E-state index contributed by atoms with van der Waals surface area (Å²) in [5, 5.41) is 2.26. The molecule has 0 spiro atoms. The third-order valence-electron chi connectivity index (χ3n) is 4.15. The number of hydrogen-bond donors (Lipinski definition) is 2. The Balaban J connectivity index is 0.00000161. The number of fused-ring (bicyclic) bond motifs is 2. The zero-order chi connectivity index (χ0) is 14.3. The summed E-state index contributed by atoms with van der Waals surface area (Å²) < 4.78 is 0. The predicted octanol–water partition coefficient (Wildman–Crippen LogP) is 0.729. The molecule has 1 aromatic rings. The minimum absolute atomic E-state index is 0. The Labute approximate surface area is 130 Å². The minimum atomic E-state index is -1.09. The van der Waals surface area contributed by atoms with Gasteiger partial charge in [-0.2, -0.15) is 0 Å². The Kier molecular flexibility index (Phi) is 4.19. The van der Waals surface area contributed by atoms with Crippen molar-refractivity contribution >= 4 is 42.0 Å². The highest BCUT2D eigenvalue weighted by Crippen LogP contribution is 2.27. The number of hydrogen-bond acceptors (Lipinski definition) is 3. The summed E-state index contributed by atoms with van der Waals surface area (Å²) in [7, 11) is 0. The average Bonchev–Trinajstić information content (AvgIpc) is 3.08. The predicted molar refractivity (Wildman–Crippen MR) is 90.2 cm³/mol. The summed E-state index contributed by atoms with van der Waals surface area (Å²) in [5.74, 6) is -0.0184. The van der Waals surface area contributed by atoms with Crippen LogP contribution in [-0.4, -0.2) is 17.9 Å². The van der Waals surface area contributed by atoms with Gasteiger partial charge in [-0.3, -0.25) is 4.79 Å². The van der Waals surface area contributed by atoms with E-state index in [1.54, 1.807) is 0 Å². The van der Waals surface area contributed by atoms with Crippen molar-refractivity contribution in [2.75, 3.05) is 6.54 Å². The molecule has 3 nitrogen and oxygen atoms in total. The van der Waals surface area contributed by atoms with Crippen LogP contribution in [0.2, 0.25) is 0 Å². The second-order valence-electron chi connectivity index (χ2n) is 5.29. The molecule has 1 unspecified atom stereocenters. The molecule has 2 aliphatic rings. The zero-order valence-corrected chi connectivity index (χ0v) is 12.7. The molecule has 0 radical (unpaired) electrons. The SMILES string of the molecule is CCC(=O)C(N)(CN)C1=CC=c2cc3c(cc21)=CC=C3.Cl. The highest BCUT2D eigenvalue weighted by atomic mass is 35.5. The quantitative estimate of drug-likeness (QED) is 0.861. The number of rotatable bonds is 4. The van der Waals surface area contributed by atoms with E-state index in [-0.39, 0.29) is 24.7 Å². The normalized spacial score (nSPS) is 16.8. The summed E-state index contributed by atoms with van der Waals surface area (Å²) in [6, 6.07) is 4.22. The van der Waals surface area contributed by atoms with Crippen molar-refractivity contribution in [1.82, 2.24) is 0 Å². The molecule has 0 aromatic heterocycles. The molecule has 1 atom stereocenters. The summed E-state index contributed by atoms with van der Waals surface area (Å²) in [5.41, 5.74) is 14.1. The van der Waals surface area contributed by atoms with Crippen LogP contribution in [0.3, 0.4) is 0 Å². The van der Waals surface area contributed by atoms with Gasteiger partial charge in [0.1, 0.15) is 5.54 Å². The Morgan fingerprint density at radius 1 is 1.19 bits per heavy atom. The summed E-state index contributed by atoms with van der Waals surface area (Å²) >= 11 is 0. The van der Waals surface area contributed by atoms with Crippen molar-refractivity contribution in [3.8, 4) is 0 Å². The van der Waals surface area contributed by atoms with Crippen LogP contribution in [0.5, 0.6) is 0 Å². The molecule has 3 rings (SSSR count). The number of benzene rings is 1. The molecule has 0 amide bonds. The third-order valence-corrected chi connectivity index (χ3v) is 4.15. The van der Waals surface area contributed by atoms with Gasteiger partial charge in [0, 0.05) is 13.0 Å². The van der Waals surface area contributed by atoms with Gasteiger partial charge in [-0.05, 0) is 39.3 Å². The number of ketones is 1. The average molecular weight is 303 g/mol. The lowest BCUT2D eigenvalue weighted by Gasteiger charge is -2.28. The van der Waals surface area contributed by atoms with Gasteiger partial charge in [0.15, 0.2) is 5.78 Å². The van der Waals surface area contributed by atoms with Crippen molar-refractivity contribution < 1.29 is 4.79 Å². The van der Waals surface area contributed by atoms with Crippen molar-refractivity contribution in [2.24, 2.45) is 11.5 Å².